The van der Waals surface area contributed by atoms with Crippen LogP contribution in [0.3, 0.4) is 0 Å². The number of pyridine rings is 2. The third-order valence-corrected chi connectivity index (χ3v) is 5.04. The minimum absolute atomic E-state index is 0.125. The normalized spacial score (nSPS) is 14.8. The van der Waals surface area contributed by atoms with Crippen LogP contribution in [0.1, 0.15) is 32.1 Å². The van der Waals surface area contributed by atoms with Crippen LogP contribution in [-0.4, -0.2) is 15.9 Å². The monoisotopic (exact) mass is 362 g/mol. The van der Waals surface area contributed by atoms with E-state index in [1.165, 1.54) is 12.5 Å². The van der Waals surface area contributed by atoms with Crippen LogP contribution in [0.25, 0.3) is 11.0 Å². The van der Waals surface area contributed by atoms with Gasteiger partial charge in [-0.15, -0.1) is 0 Å². The lowest BCUT2D eigenvalue weighted by molar-refractivity contribution is -0.120. The second-order valence-electron chi connectivity index (χ2n) is 6.97. The standard InChI is InChI=1S/C21H22N4O2/c26-19-11-10-17-18(12-13-22-20(17)25-19)23-15-6-8-16(9-7-15)24-21(27)14-4-2-1-3-5-14/h6-14H,1-5H2,(H,24,27)(H2,22,23,25,26). The number of hydrogen-bond donors (Lipinski definition) is 3. The number of aromatic amines is 1. The fourth-order valence-electron chi connectivity index (χ4n) is 3.57. The summed E-state index contributed by atoms with van der Waals surface area (Å²) in [5.41, 5.74) is 2.92. The summed E-state index contributed by atoms with van der Waals surface area (Å²) in [5.74, 6) is 0.265. The van der Waals surface area contributed by atoms with Gasteiger partial charge in [-0.25, -0.2) is 4.98 Å². The van der Waals surface area contributed by atoms with Gasteiger partial charge in [0.05, 0.1) is 5.69 Å². The molecule has 0 aliphatic heterocycles. The van der Waals surface area contributed by atoms with Crippen LogP contribution in [-0.2, 0) is 4.79 Å². The summed E-state index contributed by atoms with van der Waals surface area (Å²) in [6.07, 6.45) is 7.16. The molecule has 1 aliphatic rings. The molecule has 6 nitrogen and oxygen atoms in total. The molecule has 1 amide bonds. The van der Waals surface area contributed by atoms with Crippen molar-refractivity contribution >= 4 is 34.0 Å². The lowest BCUT2D eigenvalue weighted by Crippen LogP contribution is -2.24. The second-order valence-corrected chi connectivity index (χ2v) is 6.97. The van der Waals surface area contributed by atoms with Crippen molar-refractivity contribution in [1.82, 2.24) is 9.97 Å². The van der Waals surface area contributed by atoms with Crippen LogP contribution in [0.4, 0.5) is 17.1 Å². The predicted octanol–water partition coefficient (Wildman–Crippen LogP) is 4.19. The Kier molecular flexibility index (Phi) is 4.87. The van der Waals surface area contributed by atoms with Gasteiger partial charge in [-0.05, 0) is 49.2 Å². The Hall–Kier alpha value is -3.15. The number of fused-ring (bicyclic) bond motifs is 1. The molecule has 0 spiro atoms. The molecule has 138 valence electrons. The van der Waals surface area contributed by atoms with E-state index >= 15 is 0 Å². The van der Waals surface area contributed by atoms with Gasteiger partial charge >= 0.3 is 0 Å². The highest BCUT2D eigenvalue weighted by atomic mass is 16.2. The van der Waals surface area contributed by atoms with Crippen LogP contribution in [0.5, 0.6) is 0 Å². The van der Waals surface area contributed by atoms with Gasteiger partial charge in [0.15, 0.2) is 0 Å². The van der Waals surface area contributed by atoms with Gasteiger partial charge in [0.1, 0.15) is 5.65 Å². The molecule has 1 aromatic carbocycles. The van der Waals surface area contributed by atoms with Gasteiger partial charge < -0.3 is 15.6 Å². The highest BCUT2D eigenvalue weighted by Crippen LogP contribution is 2.26. The van der Waals surface area contributed by atoms with Crippen molar-refractivity contribution in [2.24, 2.45) is 5.92 Å². The molecule has 0 saturated heterocycles. The van der Waals surface area contributed by atoms with Gasteiger partial charge in [-0.1, -0.05) is 19.3 Å². The Balaban J connectivity index is 1.47. The van der Waals surface area contributed by atoms with Gasteiger partial charge in [0.25, 0.3) is 0 Å². The number of carbonyl (C=O) groups excluding carboxylic acids is 1. The highest BCUT2D eigenvalue weighted by molar-refractivity contribution is 5.93. The Morgan fingerprint density at radius 3 is 2.48 bits per heavy atom. The van der Waals surface area contributed by atoms with Crippen molar-refractivity contribution in [3.05, 3.63) is 59.0 Å². The van der Waals surface area contributed by atoms with Crippen LogP contribution in [0.15, 0.2) is 53.5 Å². The Morgan fingerprint density at radius 2 is 1.70 bits per heavy atom. The Labute approximate surface area is 157 Å². The van der Waals surface area contributed by atoms with E-state index in [1.807, 2.05) is 30.3 Å². The lowest BCUT2D eigenvalue weighted by atomic mass is 9.88. The molecular weight excluding hydrogens is 340 g/mol. The summed E-state index contributed by atoms with van der Waals surface area (Å²) in [6.45, 7) is 0. The minimum atomic E-state index is -0.176. The third-order valence-electron chi connectivity index (χ3n) is 5.04. The topological polar surface area (TPSA) is 86.9 Å². The summed E-state index contributed by atoms with van der Waals surface area (Å²) in [6, 6.07) is 12.7. The maximum Gasteiger partial charge on any atom is 0.249 e. The maximum absolute atomic E-state index is 12.4. The molecule has 2 heterocycles. The average molecular weight is 362 g/mol. The van der Waals surface area contributed by atoms with E-state index in [1.54, 1.807) is 12.3 Å². The Bertz CT molecular complexity index is 1000. The first kappa shape index (κ1) is 17.3. The van der Waals surface area contributed by atoms with Gasteiger partial charge in [-0.2, -0.15) is 0 Å². The first-order valence-corrected chi connectivity index (χ1v) is 9.35. The summed E-state index contributed by atoms with van der Waals surface area (Å²) >= 11 is 0. The number of benzene rings is 1. The number of nitrogens with zero attached hydrogens (tertiary/aromatic N) is 1. The summed E-state index contributed by atoms with van der Waals surface area (Å²) in [4.78, 5) is 30.7. The molecule has 4 rings (SSSR count). The minimum Gasteiger partial charge on any atom is -0.355 e. The first-order valence-electron chi connectivity index (χ1n) is 9.35. The van der Waals surface area contributed by atoms with Crippen molar-refractivity contribution in [1.29, 1.82) is 0 Å². The molecular formula is C21H22N4O2. The average Bonchev–Trinajstić information content (AvgIpc) is 2.70. The number of carbonyl (C=O) groups is 1. The zero-order valence-corrected chi connectivity index (χ0v) is 15.0. The highest BCUT2D eigenvalue weighted by Gasteiger charge is 2.20. The Morgan fingerprint density at radius 1 is 0.963 bits per heavy atom. The van der Waals surface area contributed by atoms with E-state index in [0.29, 0.717) is 5.65 Å². The summed E-state index contributed by atoms with van der Waals surface area (Å²) < 4.78 is 0. The first-order chi connectivity index (χ1) is 13.2. The van der Waals surface area contributed by atoms with Crippen molar-refractivity contribution in [3.63, 3.8) is 0 Å². The molecule has 3 N–H and O–H groups in total. The molecule has 2 aromatic heterocycles. The summed E-state index contributed by atoms with van der Waals surface area (Å²) in [5, 5.41) is 7.20. The molecule has 1 fully saturated rings. The SMILES string of the molecule is O=C(Nc1ccc(Nc2ccnc3[nH]c(=O)ccc23)cc1)C1CCCCC1. The predicted molar refractivity (Wildman–Crippen MR) is 107 cm³/mol. The van der Waals surface area contributed by atoms with Crippen LogP contribution in [0.2, 0.25) is 0 Å². The fraction of sp³-hybridized carbons (Fsp3) is 0.286. The molecule has 3 aromatic rings. The van der Waals surface area contributed by atoms with Gasteiger partial charge in [-0.3, -0.25) is 9.59 Å². The molecule has 27 heavy (non-hydrogen) atoms. The van der Waals surface area contributed by atoms with E-state index in [0.717, 1.165) is 48.1 Å². The van der Waals surface area contributed by atoms with Gasteiger partial charge in [0, 0.05) is 34.9 Å². The fourth-order valence-corrected chi connectivity index (χ4v) is 3.57. The molecule has 0 radical (unpaired) electrons. The van der Waals surface area contributed by atoms with Crippen molar-refractivity contribution < 1.29 is 4.79 Å². The van der Waals surface area contributed by atoms with Crippen molar-refractivity contribution in [2.45, 2.75) is 32.1 Å². The number of nitrogens with one attached hydrogen (secondary N) is 3. The number of hydrogen-bond acceptors (Lipinski definition) is 4. The van der Waals surface area contributed by atoms with Crippen molar-refractivity contribution in [3.8, 4) is 0 Å². The van der Waals surface area contributed by atoms with Crippen LogP contribution in [0, 0.1) is 5.92 Å². The molecule has 1 saturated carbocycles. The third kappa shape index (κ3) is 4.00. The van der Waals surface area contributed by atoms with Gasteiger partial charge in [0.2, 0.25) is 11.5 Å². The molecule has 0 atom stereocenters. The van der Waals surface area contributed by atoms with E-state index in [4.69, 9.17) is 0 Å². The number of rotatable bonds is 4. The van der Waals surface area contributed by atoms with E-state index < -0.39 is 0 Å². The number of aromatic nitrogens is 2. The molecule has 6 heteroatoms. The van der Waals surface area contributed by atoms with Crippen molar-refractivity contribution in [2.75, 3.05) is 10.6 Å². The molecule has 0 bridgehead atoms. The zero-order chi connectivity index (χ0) is 18.6. The second kappa shape index (κ2) is 7.61. The number of anilines is 3. The van der Waals surface area contributed by atoms with E-state index in [-0.39, 0.29) is 17.4 Å². The largest absolute Gasteiger partial charge is 0.355 e. The van der Waals surface area contributed by atoms with Crippen LogP contribution < -0.4 is 16.2 Å². The smallest absolute Gasteiger partial charge is 0.249 e. The van der Waals surface area contributed by atoms with E-state index in [9.17, 15) is 9.59 Å². The lowest BCUT2D eigenvalue weighted by Gasteiger charge is -2.20. The van der Waals surface area contributed by atoms with E-state index in [2.05, 4.69) is 20.6 Å². The quantitative estimate of drug-likeness (QED) is 0.650. The maximum atomic E-state index is 12.4. The molecule has 0 unspecified atom stereocenters. The number of amides is 1. The molecule has 1 aliphatic carbocycles. The summed E-state index contributed by atoms with van der Waals surface area (Å²) in [7, 11) is 0. The van der Waals surface area contributed by atoms with Crippen LogP contribution >= 0.6 is 0 Å². The zero-order valence-electron chi connectivity index (χ0n) is 15.0. The number of H-pyrrole nitrogens is 1.